The minimum atomic E-state index is -0.496. The second-order valence-corrected chi connectivity index (χ2v) is 4.75. The van der Waals surface area contributed by atoms with E-state index in [0.717, 1.165) is 18.5 Å². The number of benzene rings is 1. The van der Waals surface area contributed by atoms with Gasteiger partial charge >= 0.3 is 0 Å². The Morgan fingerprint density at radius 1 is 1.59 bits per heavy atom. The molecule has 0 spiro atoms. The van der Waals surface area contributed by atoms with Gasteiger partial charge in [-0.15, -0.1) is 0 Å². The summed E-state index contributed by atoms with van der Waals surface area (Å²) >= 11 is 5.91. The molecule has 3 nitrogen and oxygen atoms in total. The van der Waals surface area contributed by atoms with Crippen LogP contribution in [0.2, 0.25) is 5.02 Å². The van der Waals surface area contributed by atoms with E-state index in [-0.39, 0.29) is 6.10 Å². The molecule has 0 bridgehead atoms. The van der Waals surface area contributed by atoms with Gasteiger partial charge in [0, 0.05) is 30.2 Å². The quantitative estimate of drug-likeness (QED) is 0.893. The lowest BCUT2D eigenvalue weighted by Crippen LogP contribution is -2.53. The third kappa shape index (κ3) is 2.71. The Hall–Kier alpha value is -1.24. The predicted octanol–water partition coefficient (Wildman–Crippen LogP) is 3.21. The lowest BCUT2D eigenvalue weighted by molar-refractivity contribution is -0.0141. The van der Waals surface area contributed by atoms with E-state index in [9.17, 15) is 5.26 Å². The van der Waals surface area contributed by atoms with Crippen molar-refractivity contribution in [1.29, 1.82) is 5.26 Å². The number of nitrogens with zero attached hydrogens (tertiary/aromatic N) is 1. The number of rotatable bonds is 4. The highest BCUT2D eigenvalue weighted by Crippen LogP contribution is 2.37. The molecule has 1 aliphatic rings. The van der Waals surface area contributed by atoms with Crippen LogP contribution in [0.5, 0.6) is 0 Å². The second-order valence-electron chi connectivity index (χ2n) is 4.31. The van der Waals surface area contributed by atoms with Gasteiger partial charge in [-0.2, -0.15) is 5.26 Å². The fraction of sp³-hybridized carbons (Fsp3) is 0.462. The minimum Gasteiger partial charge on any atom is -0.378 e. The predicted molar refractivity (Wildman–Crippen MR) is 68.1 cm³/mol. The Labute approximate surface area is 106 Å². The van der Waals surface area contributed by atoms with Gasteiger partial charge in [0.1, 0.15) is 5.54 Å². The molecule has 0 heterocycles. The number of nitriles is 1. The van der Waals surface area contributed by atoms with Crippen LogP contribution in [0.3, 0.4) is 0 Å². The van der Waals surface area contributed by atoms with Crippen LogP contribution < -0.4 is 5.32 Å². The van der Waals surface area contributed by atoms with Crippen LogP contribution in [0.1, 0.15) is 19.8 Å². The summed E-state index contributed by atoms with van der Waals surface area (Å²) in [6.07, 6.45) is 1.65. The molecule has 1 aliphatic carbocycles. The number of halogens is 1. The van der Waals surface area contributed by atoms with E-state index in [1.165, 1.54) is 0 Å². The van der Waals surface area contributed by atoms with Crippen molar-refractivity contribution in [2.45, 2.75) is 31.4 Å². The maximum atomic E-state index is 9.25. The smallest absolute Gasteiger partial charge is 0.130 e. The molecule has 0 unspecified atom stereocenters. The van der Waals surface area contributed by atoms with E-state index in [4.69, 9.17) is 16.3 Å². The molecule has 0 aromatic heterocycles. The summed E-state index contributed by atoms with van der Waals surface area (Å²) in [6.45, 7) is 2.67. The van der Waals surface area contributed by atoms with Crippen LogP contribution in [-0.4, -0.2) is 18.2 Å². The summed E-state index contributed by atoms with van der Waals surface area (Å²) in [6, 6.07) is 9.77. The van der Waals surface area contributed by atoms with Crippen molar-refractivity contribution >= 4 is 17.3 Å². The van der Waals surface area contributed by atoms with Gasteiger partial charge in [0.05, 0.1) is 12.2 Å². The van der Waals surface area contributed by atoms with Crippen molar-refractivity contribution in [1.82, 2.24) is 0 Å². The molecule has 4 heteroatoms. The summed E-state index contributed by atoms with van der Waals surface area (Å²) in [5.74, 6) is 0. The fourth-order valence-electron chi connectivity index (χ4n) is 2.13. The summed E-state index contributed by atoms with van der Waals surface area (Å²) in [4.78, 5) is 0. The van der Waals surface area contributed by atoms with Gasteiger partial charge in [0.15, 0.2) is 0 Å². The SMILES string of the molecule is CCOC1CC(C#N)(Nc2cccc(Cl)c2)C1. The molecule has 1 N–H and O–H groups in total. The molecule has 2 rings (SSSR count). The van der Waals surface area contributed by atoms with Gasteiger partial charge in [0.25, 0.3) is 0 Å². The van der Waals surface area contributed by atoms with E-state index >= 15 is 0 Å². The summed E-state index contributed by atoms with van der Waals surface area (Å²) in [7, 11) is 0. The average Bonchev–Trinajstić information content (AvgIpc) is 2.26. The number of hydrogen-bond acceptors (Lipinski definition) is 3. The third-order valence-corrected chi connectivity index (χ3v) is 3.21. The molecule has 0 radical (unpaired) electrons. The largest absolute Gasteiger partial charge is 0.378 e. The standard InChI is InChI=1S/C13H15ClN2O/c1-2-17-12-7-13(8-12,9-15)16-11-5-3-4-10(14)6-11/h3-6,12,16H,2,7-8H2,1H3. The topological polar surface area (TPSA) is 45.0 Å². The molecule has 0 amide bonds. The van der Waals surface area contributed by atoms with Crippen LogP contribution in [-0.2, 0) is 4.74 Å². The van der Waals surface area contributed by atoms with Crippen molar-refractivity contribution in [3.8, 4) is 6.07 Å². The minimum absolute atomic E-state index is 0.200. The molecule has 90 valence electrons. The van der Waals surface area contributed by atoms with Gasteiger partial charge in [0.2, 0.25) is 0 Å². The Balaban J connectivity index is 2.01. The zero-order valence-electron chi connectivity index (χ0n) is 9.74. The van der Waals surface area contributed by atoms with Gasteiger partial charge in [-0.25, -0.2) is 0 Å². The maximum Gasteiger partial charge on any atom is 0.130 e. The highest BCUT2D eigenvalue weighted by molar-refractivity contribution is 6.30. The molecule has 0 saturated heterocycles. The van der Waals surface area contributed by atoms with Crippen molar-refractivity contribution in [3.05, 3.63) is 29.3 Å². The fourth-order valence-corrected chi connectivity index (χ4v) is 2.33. The normalized spacial score (nSPS) is 27.0. The highest BCUT2D eigenvalue weighted by Gasteiger charge is 2.45. The zero-order chi connectivity index (χ0) is 12.3. The van der Waals surface area contributed by atoms with Crippen molar-refractivity contribution in [3.63, 3.8) is 0 Å². The molecule has 0 atom stereocenters. The third-order valence-electron chi connectivity index (χ3n) is 2.98. The molecular formula is C13H15ClN2O. The molecule has 1 aromatic rings. The van der Waals surface area contributed by atoms with E-state index in [1.54, 1.807) is 0 Å². The first kappa shape index (κ1) is 12.2. The lowest BCUT2D eigenvalue weighted by Gasteiger charge is -2.43. The van der Waals surface area contributed by atoms with Gasteiger partial charge in [-0.05, 0) is 25.1 Å². The Morgan fingerprint density at radius 2 is 2.35 bits per heavy atom. The van der Waals surface area contributed by atoms with Gasteiger partial charge in [-0.3, -0.25) is 0 Å². The van der Waals surface area contributed by atoms with Crippen molar-refractivity contribution < 1.29 is 4.74 Å². The van der Waals surface area contributed by atoms with E-state index in [2.05, 4.69) is 11.4 Å². The summed E-state index contributed by atoms with van der Waals surface area (Å²) < 4.78 is 5.48. The highest BCUT2D eigenvalue weighted by atomic mass is 35.5. The van der Waals surface area contributed by atoms with E-state index in [1.807, 2.05) is 31.2 Å². The molecule has 1 fully saturated rings. The van der Waals surface area contributed by atoms with E-state index < -0.39 is 5.54 Å². The molecule has 1 saturated carbocycles. The lowest BCUT2D eigenvalue weighted by atomic mass is 9.75. The Kier molecular flexibility index (Phi) is 3.56. The Bertz CT molecular complexity index is 435. The average molecular weight is 251 g/mol. The molecule has 1 aromatic carbocycles. The molecule has 17 heavy (non-hydrogen) atoms. The van der Waals surface area contributed by atoms with Crippen molar-refractivity contribution in [2.75, 3.05) is 11.9 Å². The molecular weight excluding hydrogens is 236 g/mol. The van der Waals surface area contributed by atoms with Crippen molar-refractivity contribution in [2.24, 2.45) is 0 Å². The number of anilines is 1. The Morgan fingerprint density at radius 3 is 2.94 bits per heavy atom. The first-order valence-corrected chi connectivity index (χ1v) is 6.12. The van der Waals surface area contributed by atoms with Crippen LogP contribution in [0, 0.1) is 11.3 Å². The summed E-state index contributed by atoms with van der Waals surface area (Å²) in [5, 5.41) is 13.2. The zero-order valence-corrected chi connectivity index (χ0v) is 10.5. The van der Waals surface area contributed by atoms with Crippen LogP contribution >= 0.6 is 11.6 Å². The second kappa shape index (κ2) is 4.95. The maximum absolute atomic E-state index is 9.25. The van der Waals surface area contributed by atoms with E-state index in [0.29, 0.717) is 11.6 Å². The van der Waals surface area contributed by atoms with Gasteiger partial charge < -0.3 is 10.1 Å². The monoisotopic (exact) mass is 250 g/mol. The van der Waals surface area contributed by atoms with Crippen LogP contribution in [0.25, 0.3) is 0 Å². The van der Waals surface area contributed by atoms with Crippen LogP contribution in [0.15, 0.2) is 24.3 Å². The van der Waals surface area contributed by atoms with Gasteiger partial charge in [-0.1, -0.05) is 17.7 Å². The first-order chi connectivity index (χ1) is 8.17. The first-order valence-electron chi connectivity index (χ1n) is 5.74. The number of nitrogens with one attached hydrogen (secondary N) is 1. The number of ether oxygens (including phenoxy) is 1. The van der Waals surface area contributed by atoms with Crippen LogP contribution in [0.4, 0.5) is 5.69 Å². The number of hydrogen-bond donors (Lipinski definition) is 1. The summed E-state index contributed by atoms with van der Waals surface area (Å²) in [5.41, 5.74) is 0.388. The molecule has 0 aliphatic heterocycles.